The van der Waals surface area contributed by atoms with Gasteiger partial charge in [-0.1, -0.05) is 47.5 Å². The molecule has 0 bridgehead atoms. The SMILES string of the molecule is COc1ccccc1-c1nn2c(SC)cc(Cl)nc2c1-c1ccc(Cl)cc1. The molecule has 0 saturated carbocycles. The van der Waals surface area contributed by atoms with Crippen LogP contribution in [0.2, 0.25) is 10.2 Å². The third-order valence-corrected chi connectivity index (χ3v) is 5.38. The molecule has 4 nitrogen and oxygen atoms in total. The normalized spacial score (nSPS) is 11.1. The minimum Gasteiger partial charge on any atom is -0.496 e. The third kappa shape index (κ3) is 3.27. The second kappa shape index (κ2) is 7.43. The van der Waals surface area contributed by atoms with Gasteiger partial charge < -0.3 is 4.74 Å². The van der Waals surface area contributed by atoms with Gasteiger partial charge in [0.1, 0.15) is 21.6 Å². The summed E-state index contributed by atoms with van der Waals surface area (Å²) in [5, 5.41) is 6.86. The Labute approximate surface area is 171 Å². The van der Waals surface area contributed by atoms with Crippen LogP contribution in [-0.4, -0.2) is 28.0 Å². The molecule has 2 heterocycles. The predicted octanol–water partition coefficient (Wildman–Crippen LogP) is 6.10. The van der Waals surface area contributed by atoms with Crippen molar-refractivity contribution in [2.75, 3.05) is 13.4 Å². The monoisotopic (exact) mass is 415 g/mol. The molecule has 0 spiro atoms. The summed E-state index contributed by atoms with van der Waals surface area (Å²) >= 11 is 13.9. The highest BCUT2D eigenvalue weighted by molar-refractivity contribution is 7.98. The van der Waals surface area contributed by atoms with Crippen LogP contribution < -0.4 is 4.74 Å². The van der Waals surface area contributed by atoms with E-state index in [1.165, 1.54) is 0 Å². The highest BCUT2D eigenvalue weighted by Crippen LogP contribution is 2.40. The molecule has 0 saturated heterocycles. The molecule has 4 rings (SSSR count). The average Bonchev–Trinajstić information content (AvgIpc) is 3.07. The van der Waals surface area contributed by atoms with Crippen LogP contribution in [0.25, 0.3) is 28.0 Å². The number of methoxy groups -OCH3 is 1. The summed E-state index contributed by atoms with van der Waals surface area (Å²) in [7, 11) is 1.65. The van der Waals surface area contributed by atoms with Crippen LogP contribution in [0.15, 0.2) is 59.6 Å². The lowest BCUT2D eigenvalue weighted by molar-refractivity contribution is 0.416. The number of nitrogens with zero attached hydrogens (tertiary/aromatic N) is 3. The van der Waals surface area contributed by atoms with Crippen molar-refractivity contribution in [3.05, 3.63) is 64.8 Å². The first kappa shape index (κ1) is 18.2. The van der Waals surface area contributed by atoms with Gasteiger partial charge in [-0.15, -0.1) is 11.8 Å². The van der Waals surface area contributed by atoms with Crippen molar-refractivity contribution < 1.29 is 4.74 Å². The Bertz CT molecular complexity index is 1130. The maximum atomic E-state index is 6.29. The molecule has 2 aromatic carbocycles. The van der Waals surface area contributed by atoms with E-state index in [4.69, 9.17) is 33.0 Å². The number of para-hydroxylation sites is 1. The maximum absolute atomic E-state index is 6.29. The van der Waals surface area contributed by atoms with Crippen LogP contribution in [0.4, 0.5) is 0 Å². The van der Waals surface area contributed by atoms with Crippen LogP contribution in [0.3, 0.4) is 0 Å². The highest BCUT2D eigenvalue weighted by Gasteiger charge is 2.22. The summed E-state index contributed by atoms with van der Waals surface area (Å²) in [4.78, 5) is 4.56. The molecule has 0 radical (unpaired) electrons. The molecule has 4 aromatic rings. The number of benzene rings is 2. The maximum Gasteiger partial charge on any atom is 0.166 e. The summed E-state index contributed by atoms with van der Waals surface area (Å²) in [5.41, 5.74) is 4.19. The molecule has 0 aliphatic carbocycles. The summed E-state index contributed by atoms with van der Waals surface area (Å²) in [6, 6.07) is 17.2. The second-order valence-corrected chi connectivity index (χ2v) is 7.44. The third-order valence-electron chi connectivity index (χ3n) is 4.23. The number of fused-ring (bicyclic) bond motifs is 1. The van der Waals surface area contributed by atoms with Gasteiger partial charge in [-0.05, 0) is 36.1 Å². The van der Waals surface area contributed by atoms with E-state index in [-0.39, 0.29) is 0 Å². The lowest BCUT2D eigenvalue weighted by Gasteiger charge is -2.08. The lowest BCUT2D eigenvalue weighted by Crippen LogP contribution is -1.95. The fraction of sp³-hybridized carbons (Fsp3) is 0.100. The van der Waals surface area contributed by atoms with Gasteiger partial charge in [0.2, 0.25) is 0 Å². The molecule has 0 aliphatic rings. The zero-order chi connectivity index (χ0) is 19.0. The minimum absolute atomic E-state index is 0.425. The summed E-state index contributed by atoms with van der Waals surface area (Å²) in [6.07, 6.45) is 1.98. The number of ether oxygens (including phenoxy) is 1. The molecule has 0 atom stereocenters. The predicted molar refractivity (Wildman–Crippen MR) is 112 cm³/mol. The zero-order valence-electron chi connectivity index (χ0n) is 14.6. The Balaban J connectivity index is 2.11. The molecule has 7 heteroatoms. The number of hydrogen-bond donors (Lipinski definition) is 0. The van der Waals surface area contributed by atoms with E-state index in [0.29, 0.717) is 15.8 Å². The van der Waals surface area contributed by atoms with Gasteiger partial charge in [-0.2, -0.15) is 5.10 Å². The number of halogens is 2. The number of rotatable bonds is 4. The van der Waals surface area contributed by atoms with Crippen molar-refractivity contribution in [3.63, 3.8) is 0 Å². The Morgan fingerprint density at radius 3 is 2.48 bits per heavy atom. The first-order valence-corrected chi connectivity index (χ1v) is 10.1. The fourth-order valence-electron chi connectivity index (χ4n) is 3.02. The summed E-state index contributed by atoms with van der Waals surface area (Å²) in [6.45, 7) is 0. The van der Waals surface area contributed by atoms with Gasteiger partial charge >= 0.3 is 0 Å². The Morgan fingerprint density at radius 2 is 1.78 bits per heavy atom. The van der Waals surface area contributed by atoms with Gasteiger partial charge in [0.05, 0.1) is 12.7 Å². The van der Waals surface area contributed by atoms with Crippen molar-refractivity contribution >= 4 is 40.6 Å². The smallest absolute Gasteiger partial charge is 0.166 e. The molecule has 27 heavy (non-hydrogen) atoms. The molecule has 136 valence electrons. The van der Waals surface area contributed by atoms with Crippen LogP contribution in [0.5, 0.6) is 5.75 Å². The first-order chi connectivity index (χ1) is 13.1. The van der Waals surface area contributed by atoms with E-state index in [1.54, 1.807) is 18.9 Å². The van der Waals surface area contributed by atoms with Crippen molar-refractivity contribution in [2.24, 2.45) is 0 Å². The largest absolute Gasteiger partial charge is 0.496 e. The molecule has 0 aliphatic heterocycles. The number of aromatic nitrogens is 3. The molecular formula is C20H15Cl2N3OS. The topological polar surface area (TPSA) is 39.4 Å². The molecular weight excluding hydrogens is 401 g/mol. The van der Waals surface area contributed by atoms with E-state index in [1.807, 2.05) is 65.4 Å². The zero-order valence-corrected chi connectivity index (χ0v) is 16.9. The van der Waals surface area contributed by atoms with Gasteiger partial charge in [0.15, 0.2) is 5.65 Å². The van der Waals surface area contributed by atoms with E-state index in [9.17, 15) is 0 Å². The number of thioether (sulfide) groups is 1. The summed E-state index contributed by atoms with van der Waals surface area (Å²) in [5.74, 6) is 0.743. The van der Waals surface area contributed by atoms with Gasteiger partial charge in [-0.3, -0.25) is 0 Å². The molecule has 0 amide bonds. The van der Waals surface area contributed by atoms with Crippen LogP contribution in [-0.2, 0) is 0 Å². The molecule has 2 aromatic heterocycles. The lowest BCUT2D eigenvalue weighted by atomic mass is 10.0. The average molecular weight is 416 g/mol. The highest BCUT2D eigenvalue weighted by atomic mass is 35.5. The Morgan fingerprint density at radius 1 is 1.04 bits per heavy atom. The first-order valence-electron chi connectivity index (χ1n) is 8.15. The van der Waals surface area contributed by atoms with Crippen molar-refractivity contribution in [2.45, 2.75) is 5.03 Å². The Kier molecular flexibility index (Phi) is 5.00. The fourth-order valence-corrected chi connectivity index (χ4v) is 3.92. The van der Waals surface area contributed by atoms with Gasteiger partial charge in [-0.25, -0.2) is 9.50 Å². The summed E-state index contributed by atoms with van der Waals surface area (Å²) < 4.78 is 7.39. The molecule has 0 unspecified atom stereocenters. The van der Waals surface area contributed by atoms with Crippen molar-refractivity contribution in [1.29, 1.82) is 0 Å². The minimum atomic E-state index is 0.425. The second-order valence-electron chi connectivity index (χ2n) is 5.79. The van der Waals surface area contributed by atoms with Crippen LogP contribution >= 0.6 is 35.0 Å². The standard InChI is InChI=1S/C20H15Cl2N3OS/c1-26-15-6-4-3-5-14(15)19-18(12-7-9-13(21)10-8-12)20-23-16(22)11-17(27-2)25(20)24-19/h3-11H,1-2H3. The van der Waals surface area contributed by atoms with Gasteiger partial charge in [0, 0.05) is 16.7 Å². The Hall–Kier alpha value is -2.21. The van der Waals surface area contributed by atoms with E-state index in [0.717, 1.165) is 33.2 Å². The molecule has 0 N–H and O–H groups in total. The van der Waals surface area contributed by atoms with Crippen LogP contribution in [0.1, 0.15) is 0 Å². The van der Waals surface area contributed by atoms with Crippen molar-refractivity contribution in [3.8, 4) is 28.1 Å². The van der Waals surface area contributed by atoms with E-state index in [2.05, 4.69) is 4.98 Å². The quantitative estimate of drug-likeness (QED) is 0.298. The van der Waals surface area contributed by atoms with Crippen molar-refractivity contribution in [1.82, 2.24) is 14.6 Å². The van der Waals surface area contributed by atoms with E-state index < -0.39 is 0 Å². The van der Waals surface area contributed by atoms with E-state index >= 15 is 0 Å². The van der Waals surface area contributed by atoms with Gasteiger partial charge in [0.25, 0.3) is 0 Å². The van der Waals surface area contributed by atoms with Crippen LogP contribution in [0, 0.1) is 0 Å². The molecule has 0 fully saturated rings. The number of hydrogen-bond acceptors (Lipinski definition) is 4.